The molecule has 1 fully saturated rings. The molecular weight excluding hydrogens is 446 g/mol. The Morgan fingerprint density at radius 3 is 2.78 bits per heavy atom. The lowest BCUT2D eigenvalue weighted by molar-refractivity contribution is 0.113. The molecular formula is C23H25N3O4S2. The molecule has 5 rings (SSSR count). The van der Waals surface area contributed by atoms with Gasteiger partial charge in [0.15, 0.2) is 16.6 Å². The summed E-state index contributed by atoms with van der Waals surface area (Å²) in [5, 5.41) is 6.91. The Labute approximate surface area is 195 Å². The van der Waals surface area contributed by atoms with Crippen molar-refractivity contribution in [2.45, 2.75) is 32.0 Å². The summed E-state index contributed by atoms with van der Waals surface area (Å²) in [5.41, 5.74) is 1.24. The minimum Gasteiger partial charge on any atom is -0.486 e. The summed E-state index contributed by atoms with van der Waals surface area (Å²) in [4.78, 5) is 19.1. The van der Waals surface area contributed by atoms with Crippen LogP contribution in [0.4, 0.5) is 0 Å². The Kier molecular flexibility index (Phi) is 6.29. The third-order valence-corrected chi connectivity index (χ3v) is 6.93. The fourth-order valence-electron chi connectivity index (χ4n) is 4.02. The van der Waals surface area contributed by atoms with Crippen LogP contribution >= 0.6 is 23.6 Å². The molecule has 0 saturated carbocycles. The van der Waals surface area contributed by atoms with Crippen LogP contribution in [0.5, 0.6) is 11.5 Å². The topological polar surface area (TPSA) is 75.8 Å². The highest BCUT2D eigenvalue weighted by Gasteiger charge is 2.19. The normalized spacial score (nSPS) is 17.4. The van der Waals surface area contributed by atoms with E-state index in [0.29, 0.717) is 55.0 Å². The van der Waals surface area contributed by atoms with E-state index in [2.05, 4.69) is 16.4 Å². The van der Waals surface area contributed by atoms with Gasteiger partial charge in [-0.3, -0.25) is 4.79 Å². The van der Waals surface area contributed by atoms with Gasteiger partial charge in [0.1, 0.15) is 13.2 Å². The molecule has 0 aliphatic carbocycles. The molecule has 1 atom stereocenters. The van der Waals surface area contributed by atoms with Gasteiger partial charge in [-0.15, -0.1) is 11.3 Å². The number of aromatic amines is 1. The van der Waals surface area contributed by atoms with Crippen molar-refractivity contribution in [1.29, 1.82) is 0 Å². The summed E-state index contributed by atoms with van der Waals surface area (Å²) >= 11 is 7.39. The van der Waals surface area contributed by atoms with Crippen molar-refractivity contribution >= 4 is 39.6 Å². The molecule has 168 valence electrons. The number of H-pyrrole nitrogens is 1. The van der Waals surface area contributed by atoms with E-state index in [1.54, 1.807) is 11.3 Å². The fourth-order valence-corrected chi connectivity index (χ4v) is 4.95. The van der Waals surface area contributed by atoms with Crippen molar-refractivity contribution in [2.75, 3.05) is 26.4 Å². The van der Waals surface area contributed by atoms with Crippen LogP contribution in [0, 0.1) is 0 Å². The first-order chi connectivity index (χ1) is 15.7. The number of thiophene rings is 1. The van der Waals surface area contributed by atoms with Gasteiger partial charge in [-0.05, 0) is 48.6 Å². The van der Waals surface area contributed by atoms with Gasteiger partial charge in [-0.1, -0.05) is 6.07 Å². The number of ether oxygens (including phenoxy) is 3. The molecule has 0 radical (unpaired) electrons. The Bertz CT molecular complexity index is 1160. The highest BCUT2D eigenvalue weighted by atomic mass is 32.1. The molecule has 1 saturated heterocycles. The van der Waals surface area contributed by atoms with Gasteiger partial charge < -0.3 is 29.4 Å². The monoisotopic (exact) mass is 471 g/mol. The van der Waals surface area contributed by atoms with Crippen molar-refractivity contribution in [3.8, 4) is 11.5 Å². The van der Waals surface area contributed by atoms with Gasteiger partial charge >= 0.3 is 0 Å². The van der Waals surface area contributed by atoms with Crippen LogP contribution in [0.1, 0.15) is 23.3 Å². The fraction of sp³-hybridized carbons (Fsp3) is 0.391. The molecule has 4 heterocycles. The number of fused-ring (bicyclic) bond motifs is 2. The molecule has 7 nitrogen and oxygen atoms in total. The van der Waals surface area contributed by atoms with Crippen LogP contribution in [0.3, 0.4) is 0 Å². The summed E-state index contributed by atoms with van der Waals surface area (Å²) in [6.45, 7) is 3.55. The van der Waals surface area contributed by atoms with E-state index in [-0.39, 0.29) is 11.7 Å². The molecule has 2 aliphatic rings. The summed E-state index contributed by atoms with van der Waals surface area (Å²) < 4.78 is 17.0. The predicted octanol–water partition coefficient (Wildman–Crippen LogP) is 3.42. The van der Waals surface area contributed by atoms with Crippen molar-refractivity contribution in [2.24, 2.45) is 0 Å². The molecule has 2 aliphatic heterocycles. The maximum Gasteiger partial charge on any atom is 0.253 e. The molecule has 2 N–H and O–H groups in total. The number of hydrogen-bond donors (Lipinski definition) is 2. The molecule has 1 aromatic carbocycles. The maximum absolute atomic E-state index is 12.9. The lowest BCUT2D eigenvalue weighted by Crippen LogP contribution is -2.42. The van der Waals surface area contributed by atoms with Crippen LogP contribution in [0.25, 0.3) is 10.9 Å². The van der Waals surface area contributed by atoms with Crippen LogP contribution in [0.15, 0.2) is 40.5 Å². The quantitative estimate of drug-likeness (QED) is 0.534. The molecule has 0 bridgehead atoms. The molecule has 32 heavy (non-hydrogen) atoms. The van der Waals surface area contributed by atoms with E-state index in [1.165, 1.54) is 4.88 Å². The highest BCUT2D eigenvalue weighted by Crippen LogP contribution is 2.33. The van der Waals surface area contributed by atoms with Gasteiger partial charge in [0.2, 0.25) is 0 Å². The molecule has 3 aromatic rings. The summed E-state index contributed by atoms with van der Waals surface area (Å²) in [5.74, 6) is 1.36. The zero-order valence-electron chi connectivity index (χ0n) is 17.6. The number of pyridine rings is 1. The second-order valence-corrected chi connectivity index (χ2v) is 9.38. The number of aromatic nitrogens is 1. The second kappa shape index (κ2) is 9.48. The average Bonchev–Trinajstić information content (AvgIpc) is 3.50. The first-order valence-electron chi connectivity index (χ1n) is 10.8. The minimum atomic E-state index is -0.132. The van der Waals surface area contributed by atoms with Crippen LogP contribution in [0.2, 0.25) is 0 Å². The number of rotatable bonds is 6. The van der Waals surface area contributed by atoms with Crippen LogP contribution in [-0.4, -0.2) is 47.5 Å². The molecule has 0 spiro atoms. The highest BCUT2D eigenvalue weighted by molar-refractivity contribution is 7.80. The average molecular weight is 472 g/mol. The Morgan fingerprint density at radius 1 is 1.19 bits per heavy atom. The van der Waals surface area contributed by atoms with E-state index in [9.17, 15) is 4.79 Å². The summed E-state index contributed by atoms with van der Waals surface area (Å²) in [6.07, 6.45) is 2.32. The minimum absolute atomic E-state index is 0.132. The summed E-state index contributed by atoms with van der Waals surface area (Å²) in [6, 6.07) is 9.76. The van der Waals surface area contributed by atoms with Crippen molar-refractivity contribution in [3.05, 3.63) is 56.5 Å². The van der Waals surface area contributed by atoms with Crippen molar-refractivity contribution in [3.63, 3.8) is 0 Å². The zero-order valence-corrected chi connectivity index (χ0v) is 19.2. The van der Waals surface area contributed by atoms with Gasteiger partial charge in [0.05, 0.1) is 24.7 Å². The van der Waals surface area contributed by atoms with Crippen molar-refractivity contribution < 1.29 is 14.2 Å². The van der Waals surface area contributed by atoms with Crippen LogP contribution < -0.4 is 20.3 Å². The van der Waals surface area contributed by atoms with E-state index >= 15 is 0 Å². The lowest BCUT2D eigenvalue weighted by Gasteiger charge is -2.26. The number of nitrogens with one attached hydrogen (secondary N) is 2. The van der Waals surface area contributed by atoms with E-state index in [4.69, 9.17) is 26.4 Å². The number of benzene rings is 1. The smallest absolute Gasteiger partial charge is 0.253 e. The van der Waals surface area contributed by atoms with Gasteiger partial charge in [0, 0.05) is 35.0 Å². The number of hydrogen-bond acceptors (Lipinski definition) is 6. The predicted molar refractivity (Wildman–Crippen MR) is 129 cm³/mol. The van der Waals surface area contributed by atoms with Gasteiger partial charge in [0.25, 0.3) is 5.56 Å². The third-order valence-electron chi connectivity index (χ3n) is 5.66. The standard InChI is InChI=1S/C23H25N3O4S2/c27-22-16(9-15-10-20-21(11-19(15)25-22)30-7-6-29-20)13-26(14-18-4-2-8-32-18)23(31)24-12-17-3-1-5-28-17/h2,4,8-11,17H,1,3,5-7,12-14H2,(H,24,31)(H,25,27)/t17-/m0/s1. The zero-order chi connectivity index (χ0) is 21.9. The SMILES string of the molecule is O=c1[nH]c2cc3c(cc2cc1CN(Cc1cccs1)C(=S)NC[C@@H]1CCCO1)OCCO3. The Balaban J connectivity index is 1.39. The first kappa shape index (κ1) is 21.2. The largest absolute Gasteiger partial charge is 0.486 e. The second-order valence-electron chi connectivity index (χ2n) is 7.96. The number of nitrogens with zero attached hydrogens (tertiary/aromatic N) is 1. The van der Waals surface area contributed by atoms with Gasteiger partial charge in [-0.25, -0.2) is 0 Å². The lowest BCUT2D eigenvalue weighted by atomic mass is 10.1. The molecule has 0 amide bonds. The van der Waals surface area contributed by atoms with E-state index < -0.39 is 0 Å². The maximum atomic E-state index is 12.9. The Morgan fingerprint density at radius 2 is 2.03 bits per heavy atom. The third kappa shape index (κ3) is 4.74. The number of thiocarbonyl (C=S) groups is 1. The van der Waals surface area contributed by atoms with E-state index in [1.807, 2.05) is 34.5 Å². The van der Waals surface area contributed by atoms with Crippen LogP contribution in [-0.2, 0) is 17.8 Å². The van der Waals surface area contributed by atoms with E-state index in [0.717, 1.165) is 30.4 Å². The summed E-state index contributed by atoms with van der Waals surface area (Å²) in [7, 11) is 0. The molecule has 0 unspecified atom stereocenters. The van der Waals surface area contributed by atoms with Crippen molar-refractivity contribution in [1.82, 2.24) is 15.2 Å². The molecule has 2 aromatic heterocycles. The Hall–Kier alpha value is -2.62. The molecule has 9 heteroatoms. The first-order valence-corrected chi connectivity index (χ1v) is 12.1. The van der Waals surface area contributed by atoms with Gasteiger partial charge in [-0.2, -0.15) is 0 Å².